The van der Waals surface area contributed by atoms with Gasteiger partial charge in [0.25, 0.3) is 0 Å². The van der Waals surface area contributed by atoms with Crippen LogP contribution in [0.5, 0.6) is 0 Å². The molecular formula is C13H17N5OS. The van der Waals surface area contributed by atoms with Crippen LogP contribution in [0.2, 0.25) is 0 Å². The number of nitrogens with zero attached hydrogens (tertiary/aromatic N) is 4. The van der Waals surface area contributed by atoms with Gasteiger partial charge in [0.2, 0.25) is 5.91 Å². The smallest absolute Gasteiger partial charge is 0.235 e. The zero-order valence-corrected chi connectivity index (χ0v) is 12.8. The SMILES string of the molecule is Cc1nn(C)cc1C1SCC(=O)Nc2c1c(C)nn2C. The van der Waals surface area contributed by atoms with Gasteiger partial charge < -0.3 is 5.32 Å². The molecule has 0 spiro atoms. The number of aromatic nitrogens is 4. The van der Waals surface area contributed by atoms with Gasteiger partial charge in [0, 0.05) is 31.4 Å². The summed E-state index contributed by atoms with van der Waals surface area (Å²) in [6.07, 6.45) is 2.03. The van der Waals surface area contributed by atoms with Crippen molar-refractivity contribution in [1.82, 2.24) is 19.6 Å². The van der Waals surface area contributed by atoms with Crippen LogP contribution in [-0.2, 0) is 18.9 Å². The predicted molar refractivity (Wildman–Crippen MR) is 78.8 cm³/mol. The Morgan fingerprint density at radius 2 is 2.05 bits per heavy atom. The summed E-state index contributed by atoms with van der Waals surface area (Å²) in [5.74, 6) is 1.25. The predicted octanol–water partition coefficient (Wildman–Crippen LogP) is 1.55. The van der Waals surface area contributed by atoms with Crippen LogP contribution in [0.4, 0.5) is 5.82 Å². The van der Waals surface area contributed by atoms with Crippen LogP contribution >= 0.6 is 11.8 Å². The van der Waals surface area contributed by atoms with Gasteiger partial charge in [-0.15, -0.1) is 11.8 Å². The summed E-state index contributed by atoms with van der Waals surface area (Å²) in [6, 6.07) is 0. The molecule has 0 radical (unpaired) electrons. The molecule has 1 atom stereocenters. The third kappa shape index (κ3) is 2.02. The van der Waals surface area contributed by atoms with Gasteiger partial charge in [0.1, 0.15) is 5.82 Å². The van der Waals surface area contributed by atoms with E-state index in [-0.39, 0.29) is 11.2 Å². The summed E-state index contributed by atoms with van der Waals surface area (Å²) in [5, 5.41) is 11.9. The normalized spacial score (nSPS) is 18.6. The van der Waals surface area contributed by atoms with Crippen molar-refractivity contribution in [3.63, 3.8) is 0 Å². The van der Waals surface area contributed by atoms with Crippen molar-refractivity contribution in [3.05, 3.63) is 28.7 Å². The molecule has 7 heteroatoms. The lowest BCUT2D eigenvalue weighted by Gasteiger charge is -2.13. The van der Waals surface area contributed by atoms with Crippen LogP contribution in [-0.4, -0.2) is 31.2 Å². The van der Waals surface area contributed by atoms with Crippen molar-refractivity contribution < 1.29 is 4.79 Å². The molecule has 20 heavy (non-hydrogen) atoms. The van der Waals surface area contributed by atoms with E-state index in [4.69, 9.17) is 0 Å². The Morgan fingerprint density at radius 1 is 1.30 bits per heavy atom. The highest BCUT2D eigenvalue weighted by Crippen LogP contribution is 2.43. The third-order valence-electron chi connectivity index (χ3n) is 3.50. The van der Waals surface area contributed by atoms with E-state index in [0.717, 1.165) is 28.3 Å². The monoisotopic (exact) mass is 291 g/mol. The van der Waals surface area contributed by atoms with Gasteiger partial charge in [-0.3, -0.25) is 14.2 Å². The topological polar surface area (TPSA) is 64.7 Å². The van der Waals surface area contributed by atoms with E-state index in [1.807, 2.05) is 38.8 Å². The summed E-state index contributed by atoms with van der Waals surface area (Å²) in [6.45, 7) is 3.98. The number of aryl methyl sites for hydroxylation is 4. The molecule has 0 aliphatic carbocycles. The molecule has 1 N–H and O–H groups in total. The average molecular weight is 291 g/mol. The zero-order valence-electron chi connectivity index (χ0n) is 12.0. The lowest BCUT2D eigenvalue weighted by Crippen LogP contribution is -2.15. The second kappa shape index (κ2) is 4.66. The zero-order chi connectivity index (χ0) is 14.4. The van der Waals surface area contributed by atoms with Crippen molar-refractivity contribution in [2.24, 2.45) is 14.1 Å². The first-order valence-corrected chi connectivity index (χ1v) is 7.47. The molecule has 1 aliphatic rings. The van der Waals surface area contributed by atoms with E-state index < -0.39 is 0 Å². The fraction of sp³-hybridized carbons (Fsp3) is 0.462. The lowest BCUT2D eigenvalue weighted by molar-refractivity contribution is -0.113. The number of carbonyl (C=O) groups is 1. The maximum atomic E-state index is 11.9. The third-order valence-corrected chi connectivity index (χ3v) is 4.76. The van der Waals surface area contributed by atoms with E-state index in [1.54, 1.807) is 16.4 Å². The number of hydrogen-bond donors (Lipinski definition) is 1. The fourth-order valence-electron chi connectivity index (χ4n) is 2.67. The number of amides is 1. The molecule has 1 aliphatic heterocycles. The average Bonchev–Trinajstić information content (AvgIpc) is 2.76. The van der Waals surface area contributed by atoms with E-state index in [9.17, 15) is 4.79 Å². The highest BCUT2D eigenvalue weighted by atomic mass is 32.2. The minimum Gasteiger partial charge on any atom is -0.310 e. The Kier molecular flexibility index (Phi) is 3.08. The molecule has 1 amide bonds. The van der Waals surface area contributed by atoms with Gasteiger partial charge in [-0.1, -0.05) is 0 Å². The first-order chi connectivity index (χ1) is 9.47. The molecule has 1 unspecified atom stereocenters. The highest BCUT2D eigenvalue weighted by Gasteiger charge is 2.31. The molecule has 0 aromatic carbocycles. The number of anilines is 1. The van der Waals surface area contributed by atoms with Crippen LogP contribution in [0.3, 0.4) is 0 Å². The molecule has 106 valence electrons. The molecule has 0 bridgehead atoms. The van der Waals surface area contributed by atoms with E-state index in [2.05, 4.69) is 15.5 Å². The Hall–Kier alpha value is -1.76. The molecule has 0 saturated heterocycles. The van der Waals surface area contributed by atoms with Crippen molar-refractivity contribution in [2.75, 3.05) is 11.1 Å². The van der Waals surface area contributed by atoms with Crippen LogP contribution in [0.25, 0.3) is 0 Å². The largest absolute Gasteiger partial charge is 0.310 e. The first-order valence-electron chi connectivity index (χ1n) is 6.42. The van der Waals surface area contributed by atoms with E-state index >= 15 is 0 Å². The number of hydrogen-bond acceptors (Lipinski definition) is 4. The number of nitrogens with one attached hydrogen (secondary N) is 1. The Morgan fingerprint density at radius 3 is 2.70 bits per heavy atom. The number of rotatable bonds is 1. The maximum absolute atomic E-state index is 11.9. The van der Waals surface area contributed by atoms with E-state index in [1.165, 1.54) is 0 Å². The van der Waals surface area contributed by atoms with Crippen molar-refractivity contribution in [1.29, 1.82) is 0 Å². The molecule has 3 rings (SSSR count). The van der Waals surface area contributed by atoms with Gasteiger partial charge in [0.05, 0.1) is 22.4 Å². The minimum atomic E-state index is 0.0169. The van der Waals surface area contributed by atoms with Crippen LogP contribution in [0, 0.1) is 13.8 Å². The first kappa shape index (κ1) is 13.2. The standard InChI is InChI=1S/C13H17N5OS/c1-7-9(5-17(3)15-7)12-11-8(2)16-18(4)13(11)14-10(19)6-20-12/h5,12H,6H2,1-4H3,(H,14,19). The van der Waals surface area contributed by atoms with Crippen molar-refractivity contribution in [2.45, 2.75) is 19.1 Å². The number of fused-ring (bicyclic) bond motifs is 1. The molecule has 2 aromatic rings. The second-order valence-corrected chi connectivity index (χ2v) is 6.15. The Bertz CT molecular complexity index is 687. The van der Waals surface area contributed by atoms with Crippen LogP contribution in [0.15, 0.2) is 6.20 Å². The van der Waals surface area contributed by atoms with Gasteiger partial charge >= 0.3 is 0 Å². The number of thioether (sulfide) groups is 1. The second-order valence-electron chi connectivity index (χ2n) is 5.05. The molecule has 0 saturated carbocycles. The molecule has 0 fully saturated rings. The van der Waals surface area contributed by atoms with E-state index in [0.29, 0.717) is 5.75 Å². The summed E-state index contributed by atoms with van der Waals surface area (Å²) in [5.41, 5.74) is 4.17. The number of carbonyl (C=O) groups excluding carboxylic acids is 1. The summed E-state index contributed by atoms with van der Waals surface area (Å²) in [4.78, 5) is 11.9. The summed E-state index contributed by atoms with van der Waals surface area (Å²) in [7, 11) is 3.77. The molecule has 3 heterocycles. The van der Waals surface area contributed by atoms with Gasteiger partial charge in [-0.2, -0.15) is 10.2 Å². The highest BCUT2D eigenvalue weighted by molar-refractivity contribution is 8.00. The van der Waals surface area contributed by atoms with Gasteiger partial charge in [-0.25, -0.2) is 0 Å². The fourth-order valence-corrected chi connectivity index (χ4v) is 3.92. The lowest BCUT2D eigenvalue weighted by atomic mass is 10.1. The van der Waals surface area contributed by atoms with Gasteiger partial charge in [0.15, 0.2) is 0 Å². The summed E-state index contributed by atoms with van der Waals surface area (Å²) >= 11 is 1.62. The van der Waals surface area contributed by atoms with Crippen LogP contribution in [0.1, 0.15) is 27.8 Å². The van der Waals surface area contributed by atoms with Crippen LogP contribution < -0.4 is 5.32 Å². The molecule has 2 aromatic heterocycles. The Labute approximate surface area is 121 Å². The van der Waals surface area contributed by atoms with Crippen molar-refractivity contribution >= 4 is 23.5 Å². The maximum Gasteiger partial charge on any atom is 0.235 e. The summed E-state index contributed by atoms with van der Waals surface area (Å²) < 4.78 is 3.56. The minimum absolute atomic E-state index is 0.0169. The molecular weight excluding hydrogens is 274 g/mol. The Balaban J connectivity index is 2.17. The van der Waals surface area contributed by atoms with Gasteiger partial charge in [-0.05, 0) is 13.8 Å². The molecule has 6 nitrogen and oxygen atoms in total. The van der Waals surface area contributed by atoms with Crippen molar-refractivity contribution in [3.8, 4) is 0 Å². The quantitative estimate of drug-likeness (QED) is 0.865.